The normalized spacial score (nSPS) is 15.1. The molecule has 1 aliphatic rings. The molecule has 0 aliphatic carbocycles. The highest BCUT2D eigenvalue weighted by Crippen LogP contribution is 2.35. The number of esters is 1. The SMILES string of the molecule is C=CCOc1ccc(/C=C2\C(=O)N(c3ccc(C)cc3)C(C)=C2C(=O)OC)cc1. The van der Waals surface area contributed by atoms with E-state index >= 15 is 0 Å². The first kappa shape index (κ1) is 20.1. The summed E-state index contributed by atoms with van der Waals surface area (Å²) in [7, 11) is 1.31. The predicted octanol–water partition coefficient (Wildman–Crippen LogP) is 4.44. The van der Waals surface area contributed by atoms with Crippen LogP contribution in [0.25, 0.3) is 6.08 Å². The molecule has 0 radical (unpaired) electrons. The van der Waals surface area contributed by atoms with Crippen molar-refractivity contribution in [3.05, 3.63) is 89.2 Å². The molecule has 2 aromatic rings. The van der Waals surface area contributed by atoms with Crippen molar-refractivity contribution < 1.29 is 19.1 Å². The van der Waals surface area contributed by atoms with Gasteiger partial charge < -0.3 is 9.47 Å². The fourth-order valence-corrected chi connectivity index (χ4v) is 3.17. The lowest BCUT2D eigenvalue weighted by atomic mass is 10.0. The zero-order valence-corrected chi connectivity index (χ0v) is 16.8. The molecule has 0 saturated heterocycles. The Balaban J connectivity index is 2.01. The number of amides is 1. The van der Waals surface area contributed by atoms with Gasteiger partial charge in [0.15, 0.2) is 0 Å². The van der Waals surface area contributed by atoms with Crippen LogP contribution in [0.2, 0.25) is 0 Å². The second-order valence-corrected chi connectivity index (χ2v) is 6.65. The van der Waals surface area contributed by atoms with Crippen LogP contribution in [0, 0.1) is 6.92 Å². The molecule has 0 N–H and O–H groups in total. The van der Waals surface area contributed by atoms with Crippen molar-refractivity contribution in [1.82, 2.24) is 0 Å². The van der Waals surface area contributed by atoms with Gasteiger partial charge in [0, 0.05) is 11.4 Å². The van der Waals surface area contributed by atoms with Crippen molar-refractivity contribution in [3.63, 3.8) is 0 Å². The van der Waals surface area contributed by atoms with Crippen molar-refractivity contribution in [2.24, 2.45) is 0 Å². The van der Waals surface area contributed by atoms with Crippen LogP contribution in [0.3, 0.4) is 0 Å². The van der Waals surface area contributed by atoms with E-state index in [1.165, 1.54) is 7.11 Å². The van der Waals surface area contributed by atoms with Crippen molar-refractivity contribution in [2.45, 2.75) is 13.8 Å². The minimum Gasteiger partial charge on any atom is -0.490 e. The average Bonchev–Trinajstić information content (AvgIpc) is 2.97. The highest BCUT2D eigenvalue weighted by molar-refractivity contribution is 6.23. The molecule has 29 heavy (non-hydrogen) atoms. The Kier molecular flexibility index (Phi) is 5.98. The molecule has 1 heterocycles. The van der Waals surface area contributed by atoms with Gasteiger partial charge in [-0.25, -0.2) is 4.79 Å². The summed E-state index contributed by atoms with van der Waals surface area (Å²) in [6.45, 7) is 7.76. The first-order chi connectivity index (χ1) is 14.0. The van der Waals surface area contributed by atoms with Gasteiger partial charge in [0.25, 0.3) is 5.91 Å². The number of ether oxygens (including phenoxy) is 2. The lowest BCUT2D eigenvalue weighted by Gasteiger charge is -2.18. The van der Waals surface area contributed by atoms with Crippen LogP contribution in [0.4, 0.5) is 5.69 Å². The van der Waals surface area contributed by atoms with Gasteiger partial charge in [-0.05, 0) is 49.8 Å². The Labute approximate surface area is 170 Å². The van der Waals surface area contributed by atoms with Crippen LogP contribution >= 0.6 is 0 Å². The van der Waals surface area contributed by atoms with E-state index in [-0.39, 0.29) is 11.5 Å². The van der Waals surface area contributed by atoms with Gasteiger partial charge in [-0.1, -0.05) is 42.5 Å². The third-order valence-corrected chi connectivity index (χ3v) is 4.64. The number of methoxy groups -OCH3 is 1. The molecule has 5 heteroatoms. The molecule has 0 fully saturated rings. The third kappa shape index (κ3) is 4.14. The Morgan fingerprint density at radius 3 is 2.31 bits per heavy atom. The lowest BCUT2D eigenvalue weighted by molar-refractivity contribution is -0.136. The van der Waals surface area contributed by atoms with Crippen LogP contribution in [0.15, 0.2) is 78.0 Å². The summed E-state index contributed by atoms with van der Waals surface area (Å²) in [5.74, 6) is -0.104. The summed E-state index contributed by atoms with van der Waals surface area (Å²) >= 11 is 0. The number of benzene rings is 2. The van der Waals surface area contributed by atoms with E-state index in [0.29, 0.717) is 29.3 Å². The van der Waals surface area contributed by atoms with Crippen LogP contribution in [-0.2, 0) is 14.3 Å². The van der Waals surface area contributed by atoms with E-state index in [2.05, 4.69) is 6.58 Å². The smallest absolute Gasteiger partial charge is 0.340 e. The second kappa shape index (κ2) is 8.61. The summed E-state index contributed by atoms with van der Waals surface area (Å²) in [6, 6.07) is 14.9. The fourth-order valence-electron chi connectivity index (χ4n) is 3.17. The Bertz CT molecular complexity index is 998. The fraction of sp³-hybridized carbons (Fsp3) is 0.167. The highest BCUT2D eigenvalue weighted by Gasteiger charge is 2.37. The number of rotatable bonds is 6. The number of hydrogen-bond donors (Lipinski definition) is 0. The average molecular weight is 389 g/mol. The third-order valence-electron chi connectivity index (χ3n) is 4.64. The largest absolute Gasteiger partial charge is 0.490 e. The maximum Gasteiger partial charge on any atom is 0.340 e. The molecule has 0 spiro atoms. The molecule has 0 saturated carbocycles. The van der Waals surface area contributed by atoms with Gasteiger partial charge in [0.2, 0.25) is 0 Å². The van der Waals surface area contributed by atoms with Crippen molar-refractivity contribution in [2.75, 3.05) is 18.6 Å². The molecule has 148 valence electrons. The first-order valence-corrected chi connectivity index (χ1v) is 9.22. The second-order valence-electron chi connectivity index (χ2n) is 6.65. The van der Waals surface area contributed by atoms with Crippen molar-refractivity contribution in [1.29, 1.82) is 0 Å². The van der Waals surface area contributed by atoms with E-state index in [1.807, 2.05) is 43.3 Å². The molecule has 0 unspecified atom stereocenters. The Hall–Kier alpha value is -3.60. The van der Waals surface area contributed by atoms with E-state index in [9.17, 15) is 9.59 Å². The van der Waals surface area contributed by atoms with Gasteiger partial charge in [0.1, 0.15) is 12.4 Å². The van der Waals surface area contributed by atoms with Gasteiger partial charge in [0.05, 0.1) is 18.3 Å². The quantitative estimate of drug-likeness (QED) is 0.416. The molecular formula is C24H23NO4. The van der Waals surface area contributed by atoms with Crippen LogP contribution in [0.1, 0.15) is 18.1 Å². The number of hydrogen-bond acceptors (Lipinski definition) is 4. The summed E-state index contributed by atoms with van der Waals surface area (Å²) in [6.07, 6.45) is 3.37. The van der Waals surface area contributed by atoms with Crippen LogP contribution in [-0.4, -0.2) is 25.6 Å². The molecule has 2 aromatic carbocycles. The van der Waals surface area contributed by atoms with Gasteiger partial charge in [-0.2, -0.15) is 0 Å². The molecule has 3 rings (SSSR count). The minimum absolute atomic E-state index is 0.265. The summed E-state index contributed by atoms with van der Waals surface area (Å²) in [4.78, 5) is 27.2. The summed E-state index contributed by atoms with van der Waals surface area (Å²) < 4.78 is 10.4. The lowest BCUT2D eigenvalue weighted by Crippen LogP contribution is -2.24. The zero-order valence-electron chi connectivity index (χ0n) is 16.8. The molecule has 5 nitrogen and oxygen atoms in total. The first-order valence-electron chi connectivity index (χ1n) is 9.22. The summed E-state index contributed by atoms with van der Waals surface area (Å²) in [5, 5.41) is 0. The molecule has 0 bridgehead atoms. The van der Waals surface area contributed by atoms with Gasteiger partial charge in [-0.3, -0.25) is 9.69 Å². The molecule has 1 amide bonds. The monoisotopic (exact) mass is 389 g/mol. The molecule has 0 atom stereocenters. The number of anilines is 1. The van der Waals surface area contributed by atoms with Crippen molar-refractivity contribution in [3.8, 4) is 5.75 Å². The van der Waals surface area contributed by atoms with Crippen molar-refractivity contribution >= 4 is 23.6 Å². The molecule has 0 aromatic heterocycles. The number of carbonyl (C=O) groups excluding carboxylic acids is 2. The Morgan fingerprint density at radius 1 is 1.07 bits per heavy atom. The van der Waals surface area contributed by atoms with E-state index in [1.54, 1.807) is 36.1 Å². The van der Waals surface area contributed by atoms with Crippen LogP contribution < -0.4 is 9.64 Å². The highest BCUT2D eigenvalue weighted by atomic mass is 16.5. The maximum atomic E-state index is 13.2. The van der Waals surface area contributed by atoms with E-state index in [0.717, 1.165) is 11.1 Å². The minimum atomic E-state index is -0.539. The zero-order chi connectivity index (χ0) is 21.0. The topological polar surface area (TPSA) is 55.8 Å². The summed E-state index contributed by atoms with van der Waals surface area (Å²) in [5.41, 5.74) is 3.68. The molecule has 1 aliphatic heterocycles. The van der Waals surface area contributed by atoms with Gasteiger partial charge >= 0.3 is 5.97 Å². The number of allylic oxidation sites excluding steroid dienone is 1. The number of nitrogens with zero attached hydrogens (tertiary/aromatic N) is 1. The standard InChI is InChI=1S/C24H23NO4/c1-5-14-29-20-12-8-18(9-13-20)15-21-22(24(27)28-4)17(3)25(23(21)26)19-10-6-16(2)7-11-19/h5-13,15H,1,14H2,2-4H3/b21-15-. The van der Waals surface area contributed by atoms with Gasteiger partial charge in [-0.15, -0.1) is 0 Å². The maximum absolute atomic E-state index is 13.2. The molecular weight excluding hydrogens is 366 g/mol. The number of aryl methyl sites for hydroxylation is 1. The predicted molar refractivity (Wildman–Crippen MR) is 113 cm³/mol. The Morgan fingerprint density at radius 2 is 1.72 bits per heavy atom. The van der Waals surface area contributed by atoms with Crippen LogP contribution in [0.5, 0.6) is 5.75 Å². The number of carbonyl (C=O) groups is 2. The van der Waals surface area contributed by atoms with E-state index < -0.39 is 5.97 Å². The van der Waals surface area contributed by atoms with E-state index in [4.69, 9.17) is 9.47 Å².